The number of carboxylic acids is 1. The van der Waals surface area contributed by atoms with E-state index in [2.05, 4.69) is 45.2 Å². The van der Waals surface area contributed by atoms with E-state index < -0.39 is 5.97 Å². The molecule has 4 saturated carbocycles. The second kappa shape index (κ2) is 18.9. The maximum atomic E-state index is 12.8. The van der Waals surface area contributed by atoms with Gasteiger partial charge in [-0.2, -0.15) is 0 Å². The summed E-state index contributed by atoms with van der Waals surface area (Å²) >= 11 is 0. The van der Waals surface area contributed by atoms with Crippen LogP contribution in [0.1, 0.15) is 175 Å². The fourth-order valence-corrected chi connectivity index (χ4v) is 11.4. The number of amides is 1. The number of unbranched alkanes of at least 4 members (excludes halogenated alkanes) is 9. The molecule has 0 aromatic carbocycles. The third kappa shape index (κ3) is 10.3. The summed E-state index contributed by atoms with van der Waals surface area (Å²) in [6.07, 6.45) is 31.3. The monoisotopic (exact) mass is 670 g/mol. The molecule has 4 fully saturated rings. The fourth-order valence-electron chi connectivity index (χ4n) is 11.4. The number of nitrogens with one attached hydrogen (secondary N) is 1. The Hall–Kier alpha value is -1.85. The van der Waals surface area contributed by atoms with Crippen molar-refractivity contribution in [2.45, 2.75) is 181 Å². The number of hydrogen-bond donors (Lipinski definition) is 2. The SMILES string of the molecule is CCCCCC/C=C\CCCCCCCC(=O)OC1CCC2(C)C(CCC3C2CCC2(C)C(C(C)CCC(=O)NCC(=O)O)CCC32)C1. The van der Waals surface area contributed by atoms with Crippen LogP contribution in [0.3, 0.4) is 0 Å². The highest BCUT2D eigenvalue weighted by molar-refractivity contribution is 5.81. The van der Waals surface area contributed by atoms with Crippen molar-refractivity contribution in [3.05, 3.63) is 12.2 Å². The minimum Gasteiger partial charge on any atom is -0.480 e. The second-order valence-corrected chi connectivity index (χ2v) is 17.1. The van der Waals surface area contributed by atoms with Crippen LogP contribution in [-0.4, -0.2) is 35.6 Å². The molecule has 6 nitrogen and oxygen atoms in total. The molecule has 0 spiro atoms. The van der Waals surface area contributed by atoms with E-state index in [1.165, 1.54) is 103 Å². The number of carbonyl (C=O) groups is 3. The Kier molecular flexibility index (Phi) is 15.4. The summed E-state index contributed by atoms with van der Waals surface area (Å²) in [4.78, 5) is 35.8. The third-order valence-corrected chi connectivity index (χ3v) is 14.1. The Morgan fingerprint density at radius 1 is 0.812 bits per heavy atom. The van der Waals surface area contributed by atoms with Gasteiger partial charge in [-0.05, 0) is 143 Å². The number of fused-ring (bicyclic) bond motifs is 5. The zero-order chi connectivity index (χ0) is 34.6. The lowest BCUT2D eigenvalue weighted by Crippen LogP contribution is -2.54. The quantitative estimate of drug-likeness (QED) is 0.0764. The highest BCUT2D eigenvalue weighted by Crippen LogP contribution is 2.68. The Balaban J connectivity index is 1.14. The molecule has 0 aromatic heterocycles. The number of esters is 1. The summed E-state index contributed by atoms with van der Waals surface area (Å²) in [6, 6.07) is 0. The molecule has 4 aliphatic carbocycles. The van der Waals surface area contributed by atoms with Crippen LogP contribution in [-0.2, 0) is 19.1 Å². The van der Waals surface area contributed by atoms with Gasteiger partial charge in [0.15, 0.2) is 0 Å². The van der Waals surface area contributed by atoms with E-state index in [0.717, 1.165) is 49.9 Å². The molecule has 0 bridgehead atoms. The molecule has 2 N–H and O–H groups in total. The van der Waals surface area contributed by atoms with E-state index in [9.17, 15) is 14.4 Å². The second-order valence-electron chi connectivity index (χ2n) is 17.1. The molecular formula is C42H71NO5. The normalized spacial score (nSPS) is 33.4. The van der Waals surface area contributed by atoms with E-state index in [-0.39, 0.29) is 24.5 Å². The molecule has 9 unspecified atom stereocenters. The van der Waals surface area contributed by atoms with Crippen molar-refractivity contribution in [1.82, 2.24) is 5.32 Å². The van der Waals surface area contributed by atoms with E-state index in [1.54, 1.807) is 0 Å². The molecule has 0 saturated heterocycles. The van der Waals surface area contributed by atoms with Gasteiger partial charge in [0.25, 0.3) is 0 Å². The predicted octanol–water partition coefficient (Wildman–Crippen LogP) is 10.4. The smallest absolute Gasteiger partial charge is 0.322 e. The first kappa shape index (κ1) is 38.9. The van der Waals surface area contributed by atoms with Crippen LogP contribution < -0.4 is 5.32 Å². The topological polar surface area (TPSA) is 92.7 Å². The summed E-state index contributed by atoms with van der Waals surface area (Å²) in [5, 5.41) is 11.4. The molecule has 48 heavy (non-hydrogen) atoms. The van der Waals surface area contributed by atoms with Crippen molar-refractivity contribution in [2.24, 2.45) is 46.3 Å². The van der Waals surface area contributed by atoms with Gasteiger partial charge in [-0.25, -0.2) is 0 Å². The zero-order valence-corrected chi connectivity index (χ0v) is 31.2. The lowest BCUT2D eigenvalue weighted by molar-refractivity contribution is -0.162. The van der Waals surface area contributed by atoms with Gasteiger partial charge >= 0.3 is 11.9 Å². The van der Waals surface area contributed by atoms with Crippen LogP contribution in [0.5, 0.6) is 0 Å². The highest BCUT2D eigenvalue weighted by Gasteiger charge is 2.60. The first-order valence-corrected chi connectivity index (χ1v) is 20.4. The number of ether oxygens (including phenoxy) is 1. The van der Waals surface area contributed by atoms with E-state index in [4.69, 9.17) is 9.84 Å². The van der Waals surface area contributed by atoms with Gasteiger partial charge in [-0.15, -0.1) is 0 Å². The molecule has 0 aliphatic heterocycles. The summed E-state index contributed by atoms with van der Waals surface area (Å²) in [7, 11) is 0. The minimum absolute atomic E-state index is 0.0298. The molecule has 0 aromatic rings. The maximum absolute atomic E-state index is 12.8. The zero-order valence-electron chi connectivity index (χ0n) is 31.2. The lowest BCUT2D eigenvalue weighted by atomic mass is 9.44. The number of allylic oxidation sites excluding steroid dienone is 2. The standard InChI is InChI=1S/C42H71NO5/c1-5-6-7-8-9-10-11-12-13-14-15-16-17-18-40(47)48-33-25-27-41(3)32(29-33)20-21-34-36-23-22-35(42(36,4)28-26-37(34)41)31(2)19-24-38(44)43-30-39(45)46/h10-11,31-37H,5-9,12-30H2,1-4H3,(H,43,44)(H,45,46)/b11-10-. The summed E-state index contributed by atoms with van der Waals surface area (Å²) in [6.45, 7) is 9.44. The van der Waals surface area contributed by atoms with Crippen LogP contribution in [0.4, 0.5) is 0 Å². The first-order chi connectivity index (χ1) is 23.1. The van der Waals surface area contributed by atoms with E-state index in [1.807, 2.05) is 0 Å². The van der Waals surface area contributed by atoms with Crippen molar-refractivity contribution in [2.75, 3.05) is 6.54 Å². The fraction of sp³-hybridized carbons (Fsp3) is 0.881. The minimum atomic E-state index is -0.990. The van der Waals surface area contributed by atoms with Crippen LogP contribution >= 0.6 is 0 Å². The van der Waals surface area contributed by atoms with Crippen LogP contribution in [0.2, 0.25) is 0 Å². The van der Waals surface area contributed by atoms with Crippen LogP contribution in [0.25, 0.3) is 0 Å². The Morgan fingerprint density at radius 2 is 1.48 bits per heavy atom. The molecule has 274 valence electrons. The lowest BCUT2D eigenvalue weighted by Gasteiger charge is -2.61. The average molecular weight is 670 g/mol. The average Bonchev–Trinajstić information content (AvgIpc) is 3.42. The van der Waals surface area contributed by atoms with Gasteiger partial charge < -0.3 is 15.2 Å². The predicted molar refractivity (Wildman–Crippen MR) is 194 cm³/mol. The first-order valence-electron chi connectivity index (χ1n) is 20.4. The number of aliphatic carboxylic acids is 1. The highest BCUT2D eigenvalue weighted by atomic mass is 16.5. The summed E-state index contributed by atoms with van der Waals surface area (Å²) in [5.41, 5.74) is 0.710. The summed E-state index contributed by atoms with van der Waals surface area (Å²) < 4.78 is 6.12. The Morgan fingerprint density at radius 3 is 2.21 bits per heavy atom. The molecular weight excluding hydrogens is 598 g/mol. The van der Waals surface area contributed by atoms with Gasteiger partial charge in [0, 0.05) is 12.8 Å². The summed E-state index contributed by atoms with van der Waals surface area (Å²) in [5.74, 6) is 3.03. The van der Waals surface area contributed by atoms with Crippen molar-refractivity contribution in [3.63, 3.8) is 0 Å². The molecule has 0 radical (unpaired) electrons. The molecule has 0 heterocycles. The van der Waals surface area contributed by atoms with Crippen LogP contribution in [0.15, 0.2) is 12.2 Å². The molecule has 9 atom stereocenters. The van der Waals surface area contributed by atoms with Gasteiger partial charge in [0.05, 0.1) is 0 Å². The van der Waals surface area contributed by atoms with Crippen molar-refractivity contribution in [1.29, 1.82) is 0 Å². The van der Waals surface area contributed by atoms with E-state index in [0.29, 0.717) is 41.4 Å². The van der Waals surface area contributed by atoms with Gasteiger partial charge in [-0.1, -0.05) is 78.4 Å². The molecule has 4 aliphatic rings. The molecule has 6 heteroatoms. The Labute approximate surface area is 293 Å². The number of carboxylic acid groups (broad SMARTS) is 1. The maximum Gasteiger partial charge on any atom is 0.322 e. The van der Waals surface area contributed by atoms with Gasteiger partial charge in [0.2, 0.25) is 5.91 Å². The Bertz CT molecular complexity index is 1060. The number of hydrogen-bond acceptors (Lipinski definition) is 4. The van der Waals surface area contributed by atoms with Crippen LogP contribution in [0, 0.1) is 46.3 Å². The van der Waals surface area contributed by atoms with Crippen molar-refractivity contribution < 1.29 is 24.2 Å². The molecule has 4 rings (SSSR count). The van der Waals surface area contributed by atoms with E-state index >= 15 is 0 Å². The number of carbonyl (C=O) groups excluding carboxylic acids is 2. The van der Waals surface area contributed by atoms with Gasteiger partial charge in [0.1, 0.15) is 12.6 Å². The third-order valence-electron chi connectivity index (χ3n) is 14.1. The van der Waals surface area contributed by atoms with Gasteiger partial charge in [-0.3, -0.25) is 14.4 Å². The van der Waals surface area contributed by atoms with Crippen molar-refractivity contribution >= 4 is 17.8 Å². The molecule has 1 amide bonds. The largest absolute Gasteiger partial charge is 0.480 e. The van der Waals surface area contributed by atoms with Crippen molar-refractivity contribution in [3.8, 4) is 0 Å². The number of rotatable bonds is 20.